The van der Waals surface area contributed by atoms with Crippen molar-refractivity contribution < 1.29 is 23.5 Å². The second-order valence-corrected chi connectivity index (χ2v) is 7.65. The standard InChI is InChI=1S/C15H22N2O5S/c18-13-5-1-2-6-14(13)23(21,22)17-10-8-12(9-11-17)4-3-7-15(19)16-20/h1-2,5-6,12,18,20H,3-4,7-11H2,(H,16,19). The highest BCUT2D eigenvalue weighted by Crippen LogP contribution is 2.30. The van der Waals surface area contributed by atoms with Crippen LogP contribution in [0.5, 0.6) is 5.75 Å². The number of piperidine rings is 1. The molecule has 0 aromatic heterocycles. The topological polar surface area (TPSA) is 107 Å². The molecule has 0 atom stereocenters. The second-order valence-electron chi connectivity index (χ2n) is 5.74. The molecule has 1 aromatic rings. The molecule has 1 aliphatic rings. The summed E-state index contributed by atoms with van der Waals surface area (Å²) in [5.41, 5.74) is 1.60. The summed E-state index contributed by atoms with van der Waals surface area (Å²) >= 11 is 0. The highest BCUT2D eigenvalue weighted by atomic mass is 32.2. The molecule has 0 aliphatic carbocycles. The van der Waals surface area contributed by atoms with Gasteiger partial charge in [0.05, 0.1) is 0 Å². The fourth-order valence-electron chi connectivity index (χ4n) is 2.86. The van der Waals surface area contributed by atoms with Crippen LogP contribution in [0.25, 0.3) is 0 Å². The van der Waals surface area contributed by atoms with E-state index in [9.17, 15) is 18.3 Å². The normalized spacial score (nSPS) is 17.1. The van der Waals surface area contributed by atoms with E-state index in [0.29, 0.717) is 25.4 Å². The van der Waals surface area contributed by atoms with Gasteiger partial charge in [-0.05, 0) is 43.7 Å². The largest absolute Gasteiger partial charge is 0.507 e. The number of sulfonamides is 1. The zero-order valence-electron chi connectivity index (χ0n) is 12.8. The number of para-hydroxylation sites is 1. The third-order valence-electron chi connectivity index (χ3n) is 4.20. The van der Waals surface area contributed by atoms with Gasteiger partial charge in [-0.3, -0.25) is 10.0 Å². The van der Waals surface area contributed by atoms with Gasteiger partial charge >= 0.3 is 0 Å². The van der Waals surface area contributed by atoms with Gasteiger partial charge in [-0.25, -0.2) is 13.9 Å². The first-order valence-corrected chi connectivity index (χ1v) is 9.10. The van der Waals surface area contributed by atoms with Crippen LogP contribution in [-0.4, -0.2) is 42.0 Å². The Bertz CT molecular complexity index is 639. The molecule has 8 heteroatoms. The molecule has 0 saturated carbocycles. The first-order valence-electron chi connectivity index (χ1n) is 7.66. The Kier molecular flexibility index (Phi) is 5.97. The molecule has 0 bridgehead atoms. The Hall–Kier alpha value is -1.64. The lowest BCUT2D eigenvalue weighted by atomic mass is 9.92. The van der Waals surface area contributed by atoms with Crippen molar-refractivity contribution in [2.45, 2.75) is 37.0 Å². The predicted molar refractivity (Wildman–Crippen MR) is 83.4 cm³/mol. The van der Waals surface area contributed by atoms with Gasteiger partial charge in [0.2, 0.25) is 15.9 Å². The van der Waals surface area contributed by atoms with Crippen LogP contribution in [0.15, 0.2) is 29.2 Å². The van der Waals surface area contributed by atoms with Crippen LogP contribution in [0.1, 0.15) is 32.1 Å². The molecule has 1 saturated heterocycles. The van der Waals surface area contributed by atoms with E-state index in [4.69, 9.17) is 5.21 Å². The van der Waals surface area contributed by atoms with Crippen LogP contribution in [0, 0.1) is 5.92 Å². The molecule has 0 unspecified atom stereocenters. The number of amides is 1. The lowest BCUT2D eigenvalue weighted by Gasteiger charge is -2.31. The lowest BCUT2D eigenvalue weighted by molar-refractivity contribution is -0.129. The summed E-state index contributed by atoms with van der Waals surface area (Å²) in [6, 6.07) is 5.95. The third-order valence-corrected chi connectivity index (χ3v) is 6.14. The number of hydrogen-bond acceptors (Lipinski definition) is 5. The number of nitrogens with one attached hydrogen (secondary N) is 1. The molecule has 128 valence electrons. The molecule has 1 fully saturated rings. The number of carbonyl (C=O) groups is 1. The summed E-state index contributed by atoms with van der Waals surface area (Å²) < 4.78 is 26.5. The van der Waals surface area contributed by atoms with Crippen molar-refractivity contribution in [3.63, 3.8) is 0 Å². The van der Waals surface area contributed by atoms with Crippen molar-refractivity contribution in [3.8, 4) is 5.75 Å². The Morgan fingerprint density at radius 3 is 2.52 bits per heavy atom. The van der Waals surface area contributed by atoms with Crippen molar-refractivity contribution in [3.05, 3.63) is 24.3 Å². The quantitative estimate of drug-likeness (QED) is 0.536. The molecule has 7 nitrogen and oxygen atoms in total. The summed E-state index contributed by atoms with van der Waals surface area (Å²) in [6.45, 7) is 0.820. The van der Waals surface area contributed by atoms with Crippen LogP contribution in [-0.2, 0) is 14.8 Å². The number of rotatable bonds is 6. The first kappa shape index (κ1) is 17.7. The van der Waals surface area contributed by atoms with Gasteiger partial charge in [-0.15, -0.1) is 0 Å². The van der Waals surface area contributed by atoms with E-state index < -0.39 is 15.9 Å². The maximum atomic E-state index is 12.5. The Balaban J connectivity index is 1.89. The van der Waals surface area contributed by atoms with Crippen molar-refractivity contribution in [2.24, 2.45) is 5.92 Å². The molecular formula is C15H22N2O5S. The van der Waals surface area contributed by atoms with E-state index in [1.807, 2.05) is 0 Å². The Morgan fingerprint density at radius 1 is 1.26 bits per heavy atom. The first-order chi connectivity index (χ1) is 10.9. The maximum absolute atomic E-state index is 12.5. The summed E-state index contributed by atoms with van der Waals surface area (Å²) in [7, 11) is -3.67. The van der Waals surface area contributed by atoms with E-state index >= 15 is 0 Å². The number of hydrogen-bond donors (Lipinski definition) is 3. The van der Waals surface area contributed by atoms with Gasteiger partial charge < -0.3 is 5.11 Å². The summed E-state index contributed by atoms with van der Waals surface area (Å²) in [5.74, 6) is -0.258. The smallest absolute Gasteiger partial charge is 0.246 e. The number of phenols is 1. The number of nitrogens with zero attached hydrogens (tertiary/aromatic N) is 1. The number of benzene rings is 1. The van der Waals surface area contributed by atoms with Crippen molar-refractivity contribution in [2.75, 3.05) is 13.1 Å². The average Bonchev–Trinajstić information content (AvgIpc) is 2.55. The van der Waals surface area contributed by atoms with E-state index in [2.05, 4.69) is 0 Å². The Morgan fingerprint density at radius 2 is 1.91 bits per heavy atom. The number of carbonyl (C=O) groups excluding carboxylic acids is 1. The van der Waals surface area contributed by atoms with E-state index in [0.717, 1.165) is 19.3 Å². The minimum absolute atomic E-state index is 0.0573. The Labute approximate surface area is 135 Å². The monoisotopic (exact) mass is 342 g/mol. The summed E-state index contributed by atoms with van der Waals surface area (Å²) in [5, 5.41) is 18.2. The average molecular weight is 342 g/mol. The van der Waals surface area contributed by atoms with Crippen LogP contribution in [0.2, 0.25) is 0 Å². The molecule has 0 radical (unpaired) electrons. The molecule has 23 heavy (non-hydrogen) atoms. The minimum Gasteiger partial charge on any atom is -0.507 e. The SMILES string of the molecule is O=C(CCCC1CCN(S(=O)(=O)c2ccccc2O)CC1)NO. The molecular weight excluding hydrogens is 320 g/mol. The molecule has 1 aliphatic heterocycles. The zero-order chi connectivity index (χ0) is 16.9. The van der Waals surface area contributed by atoms with Gasteiger partial charge in [0.25, 0.3) is 0 Å². The van der Waals surface area contributed by atoms with Crippen molar-refractivity contribution in [1.29, 1.82) is 0 Å². The van der Waals surface area contributed by atoms with E-state index in [1.165, 1.54) is 16.4 Å². The van der Waals surface area contributed by atoms with Crippen LogP contribution >= 0.6 is 0 Å². The highest BCUT2D eigenvalue weighted by molar-refractivity contribution is 7.89. The number of hydroxylamine groups is 1. The highest BCUT2D eigenvalue weighted by Gasteiger charge is 2.30. The molecule has 2 rings (SSSR count). The van der Waals surface area contributed by atoms with Gasteiger partial charge in [-0.1, -0.05) is 12.1 Å². The number of phenolic OH excluding ortho intramolecular Hbond substituents is 1. The molecule has 0 spiro atoms. The predicted octanol–water partition coefficient (Wildman–Crippen LogP) is 1.47. The minimum atomic E-state index is -3.67. The van der Waals surface area contributed by atoms with Crippen molar-refractivity contribution in [1.82, 2.24) is 9.79 Å². The summed E-state index contributed by atoms with van der Waals surface area (Å²) in [6.07, 6.45) is 3.23. The fraction of sp³-hybridized carbons (Fsp3) is 0.533. The molecule has 1 amide bonds. The van der Waals surface area contributed by atoms with Gasteiger partial charge in [0.15, 0.2) is 0 Å². The molecule has 1 aromatic carbocycles. The van der Waals surface area contributed by atoms with Crippen LogP contribution in [0.3, 0.4) is 0 Å². The van der Waals surface area contributed by atoms with Gasteiger partial charge in [-0.2, -0.15) is 4.31 Å². The van der Waals surface area contributed by atoms with E-state index in [1.54, 1.807) is 17.6 Å². The number of aromatic hydroxyl groups is 1. The second kappa shape index (κ2) is 7.76. The van der Waals surface area contributed by atoms with Crippen LogP contribution in [0.4, 0.5) is 0 Å². The van der Waals surface area contributed by atoms with Crippen LogP contribution < -0.4 is 5.48 Å². The van der Waals surface area contributed by atoms with Gasteiger partial charge in [0.1, 0.15) is 10.6 Å². The zero-order valence-corrected chi connectivity index (χ0v) is 13.6. The maximum Gasteiger partial charge on any atom is 0.246 e. The lowest BCUT2D eigenvalue weighted by Crippen LogP contribution is -2.38. The van der Waals surface area contributed by atoms with Gasteiger partial charge in [0, 0.05) is 19.5 Å². The molecule has 3 N–H and O–H groups in total. The third kappa shape index (κ3) is 4.43. The fourth-order valence-corrected chi connectivity index (χ4v) is 4.41. The van der Waals surface area contributed by atoms with Crippen molar-refractivity contribution >= 4 is 15.9 Å². The molecule has 1 heterocycles. The van der Waals surface area contributed by atoms with E-state index in [-0.39, 0.29) is 17.1 Å². The summed E-state index contributed by atoms with van der Waals surface area (Å²) in [4.78, 5) is 10.9.